The van der Waals surface area contributed by atoms with Crippen molar-refractivity contribution in [1.29, 1.82) is 0 Å². The highest BCUT2D eigenvalue weighted by Gasteiger charge is 2.34. The van der Waals surface area contributed by atoms with Gasteiger partial charge in [-0.1, -0.05) is 31.2 Å². The maximum absolute atomic E-state index is 13.5. The van der Waals surface area contributed by atoms with Crippen molar-refractivity contribution >= 4 is 28.4 Å². The van der Waals surface area contributed by atoms with Crippen LogP contribution < -0.4 is 10.2 Å². The van der Waals surface area contributed by atoms with Crippen LogP contribution in [-0.2, 0) is 6.54 Å². The smallest absolute Gasteiger partial charge is 0.322 e. The average molecular weight is 447 g/mol. The summed E-state index contributed by atoms with van der Waals surface area (Å²) in [5.74, 6) is 0.996. The molecule has 1 unspecified atom stereocenters. The fourth-order valence-corrected chi connectivity index (χ4v) is 5.31. The number of nitrogens with zero attached hydrogens (tertiary/aromatic N) is 5. The molecule has 3 heterocycles. The predicted molar refractivity (Wildman–Crippen MR) is 134 cm³/mol. The van der Waals surface area contributed by atoms with Crippen LogP contribution in [-0.4, -0.2) is 64.7 Å². The molecule has 2 amide bonds. The van der Waals surface area contributed by atoms with Crippen molar-refractivity contribution < 1.29 is 4.79 Å². The summed E-state index contributed by atoms with van der Waals surface area (Å²) in [5.41, 5.74) is 4.14. The topological polar surface area (TPSA) is 56.6 Å². The van der Waals surface area contributed by atoms with Crippen LogP contribution in [0.4, 0.5) is 16.2 Å². The SMILES string of the molecule is CCN1CCN(c2ccccc2NC(=O)N2CCCC2c2nc3ccccc3n2CC)CC1. The van der Waals surface area contributed by atoms with E-state index in [1.165, 1.54) is 0 Å². The molecule has 0 aliphatic carbocycles. The van der Waals surface area contributed by atoms with Gasteiger partial charge < -0.3 is 24.6 Å². The van der Waals surface area contributed by atoms with E-state index < -0.39 is 0 Å². The highest BCUT2D eigenvalue weighted by Crippen LogP contribution is 2.35. The normalized spacial score (nSPS) is 19.4. The molecule has 7 nitrogen and oxygen atoms in total. The van der Waals surface area contributed by atoms with Crippen molar-refractivity contribution in [2.24, 2.45) is 0 Å². The summed E-state index contributed by atoms with van der Waals surface area (Å²) in [7, 11) is 0. The number of imidazole rings is 1. The van der Waals surface area contributed by atoms with Gasteiger partial charge in [-0.15, -0.1) is 0 Å². The van der Waals surface area contributed by atoms with Gasteiger partial charge in [0.25, 0.3) is 0 Å². The molecule has 2 aliphatic rings. The lowest BCUT2D eigenvalue weighted by atomic mass is 10.2. The number of likely N-dealkylation sites (tertiary alicyclic amines) is 1. The second-order valence-electron chi connectivity index (χ2n) is 8.92. The van der Waals surface area contributed by atoms with E-state index in [0.29, 0.717) is 0 Å². The molecule has 0 radical (unpaired) electrons. The number of nitrogens with one attached hydrogen (secondary N) is 1. The lowest BCUT2D eigenvalue weighted by Crippen LogP contribution is -2.46. The van der Waals surface area contributed by atoms with E-state index in [2.05, 4.69) is 63.9 Å². The van der Waals surface area contributed by atoms with Gasteiger partial charge in [-0.05, 0) is 50.6 Å². The van der Waals surface area contributed by atoms with Crippen LogP contribution in [0.3, 0.4) is 0 Å². The van der Waals surface area contributed by atoms with Gasteiger partial charge in [0, 0.05) is 39.3 Å². The fraction of sp³-hybridized carbons (Fsp3) is 0.462. The van der Waals surface area contributed by atoms with E-state index in [0.717, 1.165) is 86.9 Å². The third kappa shape index (κ3) is 4.17. The van der Waals surface area contributed by atoms with Crippen molar-refractivity contribution in [3.63, 3.8) is 0 Å². The van der Waals surface area contributed by atoms with Crippen LogP contribution in [0.1, 0.15) is 38.6 Å². The summed E-state index contributed by atoms with van der Waals surface area (Å²) < 4.78 is 2.26. The molecular formula is C26H34N6O. The quantitative estimate of drug-likeness (QED) is 0.624. The lowest BCUT2D eigenvalue weighted by molar-refractivity contribution is 0.204. The Labute approximate surface area is 196 Å². The summed E-state index contributed by atoms with van der Waals surface area (Å²) >= 11 is 0. The third-order valence-electron chi connectivity index (χ3n) is 7.12. The van der Waals surface area contributed by atoms with Gasteiger partial charge in [0.15, 0.2) is 0 Å². The molecule has 5 rings (SSSR count). The molecule has 1 aromatic heterocycles. The van der Waals surface area contributed by atoms with Crippen LogP contribution in [0.25, 0.3) is 11.0 Å². The average Bonchev–Trinajstić information content (AvgIpc) is 3.49. The largest absolute Gasteiger partial charge is 0.367 e. The summed E-state index contributed by atoms with van der Waals surface area (Å²) in [4.78, 5) is 25.3. The minimum absolute atomic E-state index is 0.00221. The molecule has 7 heteroatoms. The van der Waals surface area contributed by atoms with E-state index in [9.17, 15) is 4.79 Å². The number of carbonyl (C=O) groups excluding carboxylic acids is 1. The number of anilines is 2. The number of piperazine rings is 1. The highest BCUT2D eigenvalue weighted by molar-refractivity contribution is 5.93. The van der Waals surface area contributed by atoms with Crippen molar-refractivity contribution in [2.45, 2.75) is 39.3 Å². The second-order valence-corrected chi connectivity index (χ2v) is 8.92. The minimum Gasteiger partial charge on any atom is -0.367 e. The summed E-state index contributed by atoms with van der Waals surface area (Å²) in [6.45, 7) is 11.1. The molecule has 2 fully saturated rings. The fourth-order valence-electron chi connectivity index (χ4n) is 5.31. The number of urea groups is 1. The molecule has 2 aromatic carbocycles. The van der Waals surface area contributed by atoms with Crippen LogP contribution in [0, 0.1) is 0 Å². The van der Waals surface area contributed by atoms with Gasteiger partial charge in [0.2, 0.25) is 0 Å². The van der Waals surface area contributed by atoms with Gasteiger partial charge in [-0.3, -0.25) is 0 Å². The molecule has 0 saturated carbocycles. The van der Waals surface area contributed by atoms with Gasteiger partial charge in [0.05, 0.1) is 28.5 Å². The first kappa shape index (κ1) is 21.8. The van der Waals surface area contributed by atoms with Gasteiger partial charge in [-0.2, -0.15) is 0 Å². The minimum atomic E-state index is -0.0353. The molecule has 0 bridgehead atoms. The third-order valence-corrected chi connectivity index (χ3v) is 7.12. The molecule has 2 saturated heterocycles. The molecular weight excluding hydrogens is 412 g/mol. The van der Waals surface area contributed by atoms with Crippen molar-refractivity contribution in [3.8, 4) is 0 Å². The number of amides is 2. The van der Waals surface area contributed by atoms with Crippen molar-refractivity contribution in [1.82, 2.24) is 19.4 Å². The number of carbonyl (C=O) groups is 1. The molecule has 33 heavy (non-hydrogen) atoms. The zero-order valence-electron chi connectivity index (χ0n) is 19.7. The molecule has 1 N–H and O–H groups in total. The number of likely N-dealkylation sites (N-methyl/N-ethyl adjacent to an activating group) is 1. The summed E-state index contributed by atoms with van der Waals surface area (Å²) in [6, 6.07) is 16.4. The Morgan fingerprint density at radius 2 is 1.73 bits per heavy atom. The van der Waals surface area contributed by atoms with Crippen LogP contribution in [0.15, 0.2) is 48.5 Å². The van der Waals surface area contributed by atoms with Crippen molar-refractivity contribution in [3.05, 3.63) is 54.4 Å². The van der Waals surface area contributed by atoms with E-state index in [1.807, 2.05) is 23.1 Å². The standard InChI is InChI=1S/C26H34N6O/c1-3-29-16-18-30(19-17-29)22-12-7-5-10-20(22)28-26(33)32-15-9-14-24(32)25-27-21-11-6-8-13-23(21)31(25)4-2/h5-8,10-13,24H,3-4,9,14-19H2,1-2H3,(H,28,33). The van der Waals surface area contributed by atoms with E-state index in [4.69, 9.17) is 4.98 Å². The Morgan fingerprint density at radius 3 is 2.52 bits per heavy atom. The van der Waals surface area contributed by atoms with Crippen LogP contribution in [0.5, 0.6) is 0 Å². The molecule has 0 spiro atoms. The maximum atomic E-state index is 13.5. The molecule has 3 aromatic rings. The summed E-state index contributed by atoms with van der Waals surface area (Å²) in [5, 5.41) is 3.24. The molecule has 1 atom stereocenters. The number of aryl methyl sites for hydroxylation is 1. The van der Waals surface area contributed by atoms with Gasteiger partial charge in [0.1, 0.15) is 5.82 Å². The Hall–Kier alpha value is -3.06. The molecule has 2 aliphatic heterocycles. The number of hydrogen-bond donors (Lipinski definition) is 1. The monoisotopic (exact) mass is 446 g/mol. The molecule has 174 valence electrons. The number of para-hydroxylation sites is 4. The van der Waals surface area contributed by atoms with E-state index in [1.54, 1.807) is 0 Å². The van der Waals surface area contributed by atoms with Crippen molar-refractivity contribution in [2.75, 3.05) is 49.5 Å². The lowest BCUT2D eigenvalue weighted by Gasteiger charge is -2.36. The zero-order chi connectivity index (χ0) is 22.8. The maximum Gasteiger partial charge on any atom is 0.322 e. The first-order valence-electron chi connectivity index (χ1n) is 12.3. The number of aromatic nitrogens is 2. The number of rotatable bonds is 5. The Morgan fingerprint density at radius 1 is 0.970 bits per heavy atom. The first-order chi connectivity index (χ1) is 16.2. The highest BCUT2D eigenvalue weighted by atomic mass is 16.2. The zero-order valence-corrected chi connectivity index (χ0v) is 19.7. The van der Waals surface area contributed by atoms with E-state index in [-0.39, 0.29) is 12.1 Å². The Bertz CT molecular complexity index is 1120. The Balaban J connectivity index is 1.37. The number of fused-ring (bicyclic) bond motifs is 1. The Kier molecular flexibility index (Phi) is 6.22. The first-order valence-corrected chi connectivity index (χ1v) is 12.3. The number of benzene rings is 2. The summed E-state index contributed by atoms with van der Waals surface area (Å²) in [6.07, 6.45) is 1.93. The second kappa shape index (κ2) is 9.43. The van der Waals surface area contributed by atoms with Gasteiger partial charge in [-0.25, -0.2) is 9.78 Å². The van der Waals surface area contributed by atoms with Crippen LogP contribution in [0.2, 0.25) is 0 Å². The van der Waals surface area contributed by atoms with Gasteiger partial charge >= 0.3 is 6.03 Å². The van der Waals surface area contributed by atoms with E-state index >= 15 is 0 Å². The predicted octanol–water partition coefficient (Wildman–Crippen LogP) is 4.57. The number of hydrogen-bond acceptors (Lipinski definition) is 4. The van der Waals surface area contributed by atoms with Crippen LogP contribution >= 0.6 is 0 Å².